The smallest absolute Gasteiger partial charge is 0.0351 e. The fourth-order valence-corrected chi connectivity index (χ4v) is 3.40. The first kappa shape index (κ1) is 15.5. The van der Waals surface area contributed by atoms with Crippen LogP contribution in [-0.2, 0) is 5.75 Å². The van der Waals surface area contributed by atoms with Gasteiger partial charge in [-0.1, -0.05) is 51.3 Å². The molecule has 0 bridgehead atoms. The van der Waals surface area contributed by atoms with Crippen LogP contribution in [0.3, 0.4) is 0 Å². The molecule has 1 N–H and O–H groups in total. The van der Waals surface area contributed by atoms with Crippen molar-refractivity contribution in [3.8, 4) is 0 Å². The lowest BCUT2D eigenvalue weighted by atomic mass is 10.1. The quantitative estimate of drug-likeness (QED) is 0.699. The first-order valence-electron chi connectivity index (χ1n) is 6.78. The predicted octanol–water partition coefficient (Wildman–Crippen LogP) is 5.41. The number of hydrogen-bond donors (Lipinski definition) is 1. The monoisotopic (exact) mass is 349 g/mol. The summed E-state index contributed by atoms with van der Waals surface area (Å²) in [5.74, 6) is 2.20. The van der Waals surface area contributed by atoms with Gasteiger partial charge in [0.05, 0.1) is 0 Å². The van der Waals surface area contributed by atoms with Gasteiger partial charge in [0.1, 0.15) is 0 Å². The Bertz CT molecular complexity index is 548. The zero-order valence-electron chi connectivity index (χ0n) is 11.9. The average Bonchev–Trinajstić information content (AvgIpc) is 2.37. The second-order valence-corrected chi connectivity index (χ2v) is 7.01. The molecule has 0 fully saturated rings. The average molecular weight is 350 g/mol. The van der Waals surface area contributed by atoms with Gasteiger partial charge in [0.15, 0.2) is 0 Å². The summed E-state index contributed by atoms with van der Waals surface area (Å²) in [5, 5.41) is 3.44. The molecule has 0 amide bonds. The molecule has 0 atom stereocenters. The Kier molecular flexibility index (Phi) is 5.99. The third-order valence-corrected chi connectivity index (χ3v) is 4.47. The molecule has 2 rings (SSSR count). The number of thioether (sulfide) groups is 1. The number of anilines is 1. The van der Waals surface area contributed by atoms with Crippen molar-refractivity contribution in [1.82, 2.24) is 0 Å². The number of rotatable bonds is 6. The van der Waals surface area contributed by atoms with Crippen LogP contribution in [0.15, 0.2) is 46.9 Å². The summed E-state index contributed by atoms with van der Waals surface area (Å²) in [6.45, 7) is 5.32. The molecule has 0 aromatic heterocycles. The normalized spacial score (nSPS) is 10.6. The zero-order valence-corrected chi connectivity index (χ0v) is 14.4. The molecule has 0 unspecified atom stereocenters. The Labute approximate surface area is 134 Å². The molecule has 0 aliphatic heterocycles. The Morgan fingerprint density at radius 2 is 1.80 bits per heavy atom. The lowest BCUT2D eigenvalue weighted by Crippen LogP contribution is -2.04. The van der Waals surface area contributed by atoms with Gasteiger partial charge >= 0.3 is 0 Å². The van der Waals surface area contributed by atoms with Gasteiger partial charge < -0.3 is 5.32 Å². The molecule has 3 heteroatoms. The predicted molar refractivity (Wildman–Crippen MR) is 94.7 cm³/mol. The van der Waals surface area contributed by atoms with Crippen LogP contribution in [0.5, 0.6) is 0 Å². The molecule has 1 nitrogen and oxygen atoms in total. The van der Waals surface area contributed by atoms with Crippen molar-refractivity contribution >= 4 is 33.4 Å². The maximum absolute atomic E-state index is 3.48. The van der Waals surface area contributed by atoms with Crippen molar-refractivity contribution in [2.75, 3.05) is 17.6 Å². The van der Waals surface area contributed by atoms with Gasteiger partial charge in [-0.15, -0.1) is 0 Å². The topological polar surface area (TPSA) is 12.0 Å². The van der Waals surface area contributed by atoms with Gasteiger partial charge in [-0.2, -0.15) is 11.8 Å². The molecule has 0 saturated carbocycles. The minimum Gasteiger partial charge on any atom is -0.384 e. The van der Waals surface area contributed by atoms with E-state index in [2.05, 4.69) is 71.5 Å². The highest BCUT2D eigenvalue weighted by Crippen LogP contribution is 2.17. The second kappa shape index (κ2) is 7.75. The van der Waals surface area contributed by atoms with Gasteiger partial charge in [0.2, 0.25) is 0 Å². The van der Waals surface area contributed by atoms with E-state index < -0.39 is 0 Å². The largest absolute Gasteiger partial charge is 0.384 e. The number of nitrogens with one attached hydrogen (secondary N) is 1. The van der Waals surface area contributed by atoms with E-state index in [1.54, 1.807) is 0 Å². The highest BCUT2D eigenvalue weighted by atomic mass is 79.9. The summed E-state index contributed by atoms with van der Waals surface area (Å²) >= 11 is 5.46. The van der Waals surface area contributed by atoms with E-state index in [1.807, 2.05) is 17.8 Å². The summed E-state index contributed by atoms with van der Waals surface area (Å²) in [7, 11) is 0. The lowest BCUT2D eigenvalue weighted by molar-refractivity contribution is 1.22. The van der Waals surface area contributed by atoms with Crippen LogP contribution in [0.2, 0.25) is 0 Å². The molecule has 2 aromatic rings. The molecule has 0 heterocycles. The van der Waals surface area contributed by atoms with E-state index >= 15 is 0 Å². The third-order valence-electron chi connectivity index (χ3n) is 2.95. The summed E-state index contributed by atoms with van der Waals surface area (Å²) in [4.78, 5) is 0. The maximum atomic E-state index is 3.48. The maximum Gasteiger partial charge on any atom is 0.0351 e. The van der Waals surface area contributed by atoms with Crippen LogP contribution < -0.4 is 5.32 Å². The van der Waals surface area contributed by atoms with E-state index in [1.165, 1.54) is 22.4 Å². The molecule has 0 saturated heterocycles. The summed E-state index contributed by atoms with van der Waals surface area (Å²) < 4.78 is 1.12. The van der Waals surface area contributed by atoms with Crippen LogP contribution in [0, 0.1) is 13.8 Å². The van der Waals surface area contributed by atoms with Crippen LogP contribution >= 0.6 is 27.7 Å². The highest BCUT2D eigenvalue weighted by molar-refractivity contribution is 9.10. The molecular weight excluding hydrogens is 330 g/mol. The van der Waals surface area contributed by atoms with Crippen LogP contribution in [0.4, 0.5) is 5.69 Å². The van der Waals surface area contributed by atoms with E-state index in [-0.39, 0.29) is 0 Å². The molecule has 0 radical (unpaired) electrons. The minimum absolute atomic E-state index is 0.992. The molecule has 20 heavy (non-hydrogen) atoms. The summed E-state index contributed by atoms with van der Waals surface area (Å²) in [5.41, 5.74) is 5.31. The number of aryl methyl sites for hydroxylation is 2. The van der Waals surface area contributed by atoms with Crippen molar-refractivity contribution in [3.05, 3.63) is 63.6 Å². The third kappa shape index (κ3) is 5.22. The number of halogens is 1. The zero-order chi connectivity index (χ0) is 14.4. The van der Waals surface area contributed by atoms with Gasteiger partial charge in [-0.05, 0) is 37.6 Å². The van der Waals surface area contributed by atoms with Crippen molar-refractivity contribution in [2.24, 2.45) is 0 Å². The van der Waals surface area contributed by atoms with E-state index in [0.29, 0.717) is 0 Å². The first-order chi connectivity index (χ1) is 9.63. The van der Waals surface area contributed by atoms with E-state index in [0.717, 1.165) is 22.5 Å². The fraction of sp³-hybridized carbons (Fsp3) is 0.294. The van der Waals surface area contributed by atoms with Crippen LogP contribution in [0.25, 0.3) is 0 Å². The van der Waals surface area contributed by atoms with Crippen LogP contribution in [0.1, 0.15) is 16.7 Å². The van der Waals surface area contributed by atoms with Crippen molar-refractivity contribution in [2.45, 2.75) is 19.6 Å². The van der Waals surface area contributed by atoms with Crippen molar-refractivity contribution in [1.29, 1.82) is 0 Å². The summed E-state index contributed by atoms with van der Waals surface area (Å²) in [6, 6.07) is 15.1. The Hall–Kier alpha value is -0.930. The molecule has 0 aliphatic rings. The Morgan fingerprint density at radius 3 is 2.50 bits per heavy atom. The highest BCUT2D eigenvalue weighted by Gasteiger charge is 1.97. The molecule has 0 spiro atoms. The van der Waals surface area contributed by atoms with Crippen molar-refractivity contribution in [3.63, 3.8) is 0 Å². The number of benzene rings is 2. The molecule has 0 aliphatic carbocycles. The second-order valence-electron chi connectivity index (χ2n) is 4.99. The van der Waals surface area contributed by atoms with Gasteiger partial charge in [0, 0.05) is 28.2 Å². The molecule has 106 valence electrons. The SMILES string of the molecule is Cc1cc(C)cc(CSCCNc2cccc(Br)c2)c1. The van der Waals surface area contributed by atoms with Crippen LogP contribution in [-0.4, -0.2) is 12.3 Å². The standard InChI is InChI=1S/C17H20BrNS/c1-13-8-14(2)10-15(9-13)12-20-7-6-19-17-5-3-4-16(18)11-17/h3-5,8-11,19H,6-7,12H2,1-2H3. The minimum atomic E-state index is 0.992. The number of hydrogen-bond acceptors (Lipinski definition) is 2. The van der Waals surface area contributed by atoms with Crippen molar-refractivity contribution < 1.29 is 0 Å². The lowest BCUT2D eigenvalue weighted by Gasteiger charge is -2.07. The molecular formula is C17H20BrNS. The Morgan fingerprint density at radius 1 is 1.05 bits per heavy atom. The first-order valence-corrected chi connectivity index (χ1v) is 8.72. The Balaban J connectivity index is 1.71. The molecule has 2 aromatic carbocycles. The van der Waals surface area contributed by atoms with Gasteiger partial charge in [-0.3, -0.25) is 0 Å². The van der Waals surface area contributed by atoms with E-state index in [9.17, 15) is 0 Å². The van der Waals surface area contributed by atoms with Gasteiger partial charge in [0.25, 0.3) is 0 Å². The van der Waals surface area contributed by atoms with E-state index in [4.69, 9.17) is 0 Å². The fourth-order valence-electron chi connectivity index (χ4n) is 2.21. The van der Waals surface area contributed by atoms with Gasteiger partial charge in [-0.25, -0.2) is 0 Å². The summed E-state index contributed by atoms with van der Waals surface area (Å²) in [6.07, 6.45) is 0.